The molecule has 0 saturated carbocycles. The summed E-state index contributed by atoms with van der Waals surface area (Å²) in [5, 5.41) is 49.4. The summed E-state index contributed by atoms with van der Waals surface area (Å²) < 4.78 is 5.51. The molecule has 354 valence electrons. The third-order valence-electron chi connectivity index (χ3n) is 9.73. The van der Waals surface area contributed by atoms with Gasteiger partial charge in [-0.3, -0.25) is 33.6 Å². The lowest BCUT2D eigenvalue weighted by Crippen LogP contribution is -2.52. The molecule has 0 aliphatic rings. The molecule has 6 atom stereocenters. The summed E-state index contributed by atoms with van der Waals surface area (Å²) in [6, 6.07) is 2.74. The van der Waals surface area contributed by atoms with Crippen LogP contribution in [0.5, 0.6) is 0 Å². The van der Waals surface area contributed by atoms with Crippen LogP contribution in [0.4, 0.5) is 4.79 Å². The number of benzene rings is 1. The number of amides is 6. The molecule has 0 aliphatic heterocycles. The minimum absolute atomic E-state index is 0.0472. The van der Waals surface area contributed by atoms with Crippen LogP contribution in [0.2, 0.25) is 0 Å². The number of ketones is 1. The molecule has 1 aromatic rings. The number of rotatable bonds is 31. The number of urea groups is 1. The molecule has 0 aliphatic carbocycles. The van der Waals surface area contributed by atoms with Gasteiger partial charge in [-0.25, -0.2) is 19.2 Å². The molecule has 0 fully saturated rings. The molecule has 0 saturated heterocycles. The van der Waals surface area contributed by atoms with E-state index in [0.717, 1.165) is 4.58 Å². The van der Waals surface area contributed by atoms with Gasteiger partial charge in [-0.2, -0.15) is 16.3 Å². The summed E-state index contributed by atoms with van der Waals surface area (Å²) in [4.78, 5) is 137. The molecule has 23 nitrogen and oxygen atoms in total. The largest absolute Gasteiger partial charge is 0.481 e. The lowest BCUT2D eigenvalue weighted by molar-refractivity contribution is -0.421. The molecule has 9 N–H and O–H groups in total. The van der Waals surface area contributed by atoms with Gasteiger partial charge in [0.05, 0.1) is 6.42 Å². The number of ether oxygens (including phenoxy) is 1. The van der Waals surface area contributed by atoms with Crippen molar-refractivity contribution in [1.29, 1.82) is 0 Å². The number of nitrogens with zero attached hydrogens (tertiary/aromatic N) is 2. The number of carbonyl (C=O) groups is 11. The highest BCUT2D eigenvalue weighted by Gasteiger charge is 2.36. The van der Waals surface area contributed by atoms with E-state index in [0.29, 0.717) is 11.3 Å². The van der Waals surface area contributed by atoms with Crippen LogP contribution in [0.15, 0.2) is 30.3 Å². The molecular formula is C40H58N7O16S+. The van der Waals surface area contributed by atoms with Crippen molar-refractivity contribution < 1.29 is 82.5 Å². The fourth-order valence-electron chi connectivity index (χ4n) is 6.00. The summed E-state index contributed by atoms with van der Waals surface area (Å²) >= 11 is 1.48. The van der Waals surface area contributed by atoms with E-state index >= 15 is 0 Å². The average molecular weight is 925 g/mol. The Labute approximate surface area is 373 Å². The van der Waals surface area contributed by atoms with Crippen molar-refractivity contribution >= 4 is 83.3 Å². The normalized spacial score (nSPS) is 14.1. The van der Waals surface area contributed by atoms with Gasteiger partial charge in [-0.15, -0.1) is 0 Å². The van der Waals surface area contributed by atoms with Crippen LogP contribution in [-0.2, 0) is 59.1 Å². The molecule has 0 bridgehead atoms. The van der Waals surface area contributed by atoms with Gasteiger partial charge in [0, 0.05) is 57.0 Å². The Balaban J connectivity index is 3.05. The summed E-state index contributed by atoms with van der Waals surface area (Å²) in [6.45, 7) is 1.40. The van der Waals surface area contributed by atoms with Gasteiger partial charge >= 0.3 is 41.7 Å². The molecule has 64 heavy (non-hydrogen) atoms. The number of carbonyl (C=O) groups excluding carboxylic acids is 7. The number of hydrogen-bond acceptors (Lipinski definition) is 14. The monoisotopic (exact) mass is 924 g/mol. The molecule has 0 aromatic heterocycles. The molecule has 24 heteroatoms. The first kappa shape index (κ1) is 55.6. The number of likely N-dealkylation sites (N-methyl/N-ethyl adjacent to an activating group) is 2. The Hall–Kier alpha value is -6.43. The molecule has 1 rings (SSSR count). The quantitative estimate of drug-likeness (QED) is 0.0188. The van der Waals surface area contributed by atoms with Crippen LogP contribution >= 0.6 is 11.8 Å². The Morgan fingerprint density at radius 2 is 1.44 bits per heavy atom. The number of Topliss-reactive ketones (excluding diaryl/α,β-unsaturated/α-hetero) is 1. The van der Waals surface area contributed by atoms with Crippen LogP contribution in [-0.4, -0.2) is 171 Å². The molecule has 6 amide bonds. The molecule has 0 radical (unpaired) electrons. The Kier molecular flexibility index (Phi) is 25.2. The van der Waals surface area contributed by atoms with Gasteiger partial charge in [0.1, 0.15) is 31.3 Å². The van der Waals surface area contributed by atoms with Crippen molar-refractivity contribution in [1.82, 2.24) is 31.5 Å². The number of carboxylic acids is 4. The van der Waals surface area contributed by atoms with E-state index in [1.54, 1.807) is 37.3 Å². The second kappa shape index (κ2) is 29.0. The van der Waals surface area contributed by atoms with Crippen molar-refractivity contribution in [2.45, 2.75) is 95.1 Å². The van der Waals surface area contributed by atoms with Gasteiger partial charge < -0.3 is 56.6 Å². The Morgan fingerprint density at radius 3 is 1.98 bits per heavy atom. The van der Waals surface area contributed by atoms with E-state index < -0.39 is 128 Å². The Morgan fingerprint density at radius 1 is 0.828 bits per heavy atom. The van der Waals surface area contributed by atoms with Crippen molar-refractivity contribution in [2.24, 2.45) is 5.92 Å². The SMILES string of the molecule is CN[C@@H](CNC(=O)[C@@H](CC(=O)CC[C@H](NC(=O)CC[C@H](NC(=O)N[C@@H](CCC(=O)O)OC=O)C(=O)O)C(=O)O)Cc1ccccc1)C(=O)[N+](C)=C(CC(=O)O)C(=O)N(C)[C@H](C)CSC. The minimum Gasteiger partial charge on any atom is -0.481 e. The summed E-state index contributed by atoms with van der Waals surface area (Å²) in [5.74, 6) is -9.68. The summed E-state index contributed by atoms with van der Waals surface area (Å²) in [5.41, 5.74) is 0.385. The lowest BCUT2D eigenvalue weighted by atomic mass is 9.91. The third kappa shape index (κ3) is 20.6. The molecule has 0 unspecified atom stereocenters. The first-order valence-electron chi connectivity index (χ1n) is 19.9. The highest BCUT2D eigenvalue weighted by Crippen LogP contribution is 2.16. The number of nitrogens with one attached hydrogen (secondary N) is 5. The van der Waals surface area contributed by atoms with E-state index in [9.17, 15) is 68.1 Å². The van der Waals surface area contributed by atoms with E-state index in [2.05, 4.69) is 26.0 Å². The lowest BCUT2D eigenvalue weighted by Gasteiger charge is -2.24. The second-order valence-electron chi connectivity index (χ2n) is 14.5. The maximum absolute atomic E-state index is 13.7. The summed E-state index contributed by atoms with van der Waals surface area (Å²) in [7, 11) is 4.18. The van der Waals surface area contributed by atoms with E-state index in [1.807, 2.05) is 11.6 Å². The number of aliphatic carboxylic acids is 4. The van der Waals surface area contributed by atoms with Gasteiger partial charge in [0.2, 0.25) is 11.8 Å². The average Bonchev–Trinajstić information content (AvgIpc) is 3.23. The number of carboxylic acid groups (broad SMARTS) is 4. The smallest absolute Gasteiger partial charge is 0.405 e. The highest BCUT2D eigenvalue weighted by atomic mass is 32.2. The van der Waals surface area contributed by atoms with Gasteiger partial charge in [0.15, 0.2) is 12.3 Å². The van der Waals surface area contributed by atoms with Crippen LogP contribution < -0.4 is 26.6 Å². The summed E-state index contributed by atoms with van der Waals surface area (Å²) in [6.07, 6.45) is -3.43. The standard InChI is InChI=1S/C40H57N7O16S/c1-23(21-64-5)46(3)37(57)30(19-34(53)54)47(4)36(56)29(41-2)20-42-35(55)25(17-24-9-7-6-8-10-24)18-26(49)11-12-27(38(58)59)43-31(50)14-13-28(39(60)61)44-40(62)45-32(63-22-48)15-16-33(51)52/h6-10,22-23,25,27-29,32,41H,11-21H2,1-5H3,(H7-,42,43,44,45,50,51,52,53,54,55,58,59,60,61,62)/p+1/t23-,25-,27+,28+,29+,32-/m1/s1. The fraction of sp³-hybridized carbons (Fsp3) is 0.550. The predicted octanol–water partition coefficient (Wildman–Crippen LogP) is -0.951. The van der Waals surface area contributed by atoms with Gasteiger partial charge in [-0.05, 0) is 45.1 Å². The van der Waals surface area contributed by atoms with Gasteiger partial charge in [-0.1, -0.05) is 30.3 Å². The van der Waals surface area contributed by atoms with Crippen LogP contribution in [0, 0.1) is 5.92 Å². The fourth-order valence-corrected chi connectivity index (χ4v) is 6.71. The zero-order valence-corrected chi connectivity index (χ0v) is 37.0. The highest BCUT2D eigenvalue weighted by molar-refractivity contribution is 7.98. The van der Waals surface area contributed by atoms with Crippen molar-refractivity contribution in [3.8, 4) is 0 Å². The zero-order chi connectivity index (χ0) is 48.5. The van der Waals surface area contributed by atoms with Gasteiger partial charge in [0.25, 0.3) is 12.2 Å². The van der Waals surface area contributed by atoms with E-state index in [-0.39, 0.29) is 44.0 Å². The molecule has 0 spiro atoms. The predicted molar refractivity (Wildman–Crippen MR) is 227 cm³/mol. The maximum atomic E-state index is 13.7. The van der Waals surface area contributed by atoms with Crippen LogP contribution in [0.3, 0.4) is 0 Å². The van der Waals surface area contributed by atoms with E-state index in [4.69, 9.17) is 5.11 Å². The minimum atomic E-state index is -1.69. The van der Waals surface area contributed by atoms with Crippen molar-refractivity contribution in [2.75, 3.05) is 39.7 Å². The zero-order valence-electron chi connectivity index (χ0n) is 36.2. The number of hydrogen-bond donors (Lipinski definition) is 9. The molecule has 1 aromatic carbocycles. The maximum Gasteiger partial charge on any atom is 0.405 e. The van der Waals surface area contributed by atoms with Crippen molar-refractivity contribution in [3.05, 3.63) is 35.9 Å². The molecular weight excluding hydrogens is 867 g/mol. The third-order valence-corrected chi connectivity index (χ3v) is 10.5. The Bertz CT molecular complexity index is 1860. The number of thioether (sulfide) groups is 1. The van der Waals surface area contributed by atoms with Crippen molar-refractivity contribution in [3.63, 3.8) is 0 Å². The topological polar surface area (TPSA) is 344 Å². The second-order valence-corrected chi connectivity index (χ2v) is 15.5. The first-order chi connectivity index (χ1) is 30.1. The van der Waals surface area contributed by atoms with Crippen LogP contribution in [0.1, 0.15) is 63.9 Å². The van der Waals surface area contributed by atoms with Crippen LogP contribution in [0.25, 0.3) is 0 Å². The first-order valence-corrected chi connectivity index (χ1v) is 21.3. The van der Waals surface area contributed by atoms with E-state index in [1.165, 1.54) is 37.8 Å². The molecule has 0 heterocycles.